The summed E-state index contributed by atoms with van der Waals surface area (Å²) >= 11 is 0. The smallest absolute Gasteiger partial charge is 0.258 e. The third kappa shape index (κ3) is 5.20. The van der Waals surface area contributed by atoms with Crippen molar-refractivity contribution in [2.75, 3.05) is 32.8 Å². The maximum Gasteiger partial charge on any atom is 0.258 e. The normalized spacial score (nSPS) is 26.4. The van der Waals surface area contributed by atoms with E-state index in [1.165, 1.54) is 0 Å². The third-order valence-electron chi connectivity index (χ3n) is 5.51. The highest BCUT2D eigenvalue weighted by atomic mass is 16.5. The number of nitrogens with zero attached hydrogens (tertiary/aromatic N) is 2. The molecule has 2 amide bonds. The number of ether oxygens (including phenoxy) is 1. The lowest BCUT2D eigenvalue weighted by molar-refractivity contribution is -0.132. The maximum absolute atomic E-state index is 12.2. The van der Waals surface area contributed by atoms with Gasteiger partial charge in [0.2, 0.25) is 5.91 Å². The van der Waals surface area contributed by atoms with Crippen LogP contribution in [0.4, 0.5) is 0 Å². The molecule has 1 saturated heterocycles. The van der Waals surface area contributed by atoms with Crippen LogP contribution >= 0.6 is 0 Å². The van der Waals surface area contributed by atoms with Gasteiger partial charge in [0.25, 0.3) is 5.91 Å². The van der Waals surface area contributed by atoms with E-state index in [1.54, 1.807) is 19.1 Å². The number of para-hydroxylation sites is 1. The minimum absolute atomic E-state index is 0.0215. The number of nitrogens with one attached hydrogen (secondary N) is 1. The largest absolute Gasteiger partial charge is 0.484 e. The molecule has 2 aliphatic rings. The summed E-state index contributed by atoms with van der Waals surface area (Å²) in [6.45, 7) is 4.45. The van der Waals surface area contributed by atoms with Gasteiger partial charge in [0.05, 0.1) is 12.1 Å². The van der Waals surface area contributed by atoms with Gasteiger partial charge in [-0.1, -0.05) is 18.2 Å². The van der Waals surface area contributed by atoms with Gasteiger partial charge in [0, 0.05) is 39.1 Å². The number of aliphatic hydroxyl groups excluding tert-OH is 1. The first-order chi connectivity index (χ1) is 13.0. The molecule has 0 unspecified atom stereocenters. The fourth-order valence-electron chi connectivity index (χ4n) is 4.00. The summed E-state index contributed by atoms with van der Waals surface area (Å²) in [5.41, 5.74) is 0. The van der Waals surface area contributed by atoms with E-state index in [2.05, 4.69) is 10.2 Å². The summed E-state index contributed by atoms with van der Waals surface area (Å²) in [7, 11) is 0. The first-order valence-corrected chi connectivity index (χ1v) is 9.69. The molecule has 1 aliphatic carbocycles. The van der Waals surface area contributed by atoms with Crippen LogP contribution in [0.15, 0.2) is 30.3 Å². The van der Waals surface area contributed by atoms with Crippen LogP contribution in [-0.4, -0.2) is 77.7 Å². The number of rotatable bonds is 5. The number of aliphatic hydroxyl groups is 1. The van der Waals surface area contributed by atoms with Crippen molar-refractivity contribution in [2.45, 2.75) is 44.4 Å². The molecule has 1 aromatic rings. The summed E-state index contributed by atoms with van der Waals surface area (Å²) in [5.74, 6) is 0.533. The second-order valence-electron chi connectivity index (χ2n) is 7.31. The van der Waals surface area contributed by atoms with E-state index in [-0.39, 0.29) is 30.5 Å². The molecule has 0 spiro atoms. The Bertz CT molecular complexity index is 631. The highest BCUT2D eigenvalue weighted by Gasteiger charge is 2.37. The molecular weight excluding hydrogens is 346 g/mol. The van der Waals surface area contributed by atoms with Gasteiger partial charge in [-0.3, -0.25) is 14.5 Å². The Morgan fingerprint density at radius 1 is 1.15 bits per heavy atom. The van der Waals surface area contributed by atoms with Gasteiger partial charge in [0.15, 0.2) is 6.61 Å². The average Bonchev–Trinajstić information content (AvgIpc) is 2.69. The monoisotopic (exact) mass is 375 g/mol. The number of benzene rings is 1. The molecule has 0 aromatic heterocycles. The first-order valence-electron chi connectivity index (χ1n) is 9.69. The van der Waals surface area contributed by atoms with Crippen LogP contribution in [0.1, 0.15) is 26.2 Å². The van der Waals surface area contributed by atoms with Crippen LogP contribution in [0, 0.1) is 0 Å². The zero-order chi connectivity index (χ0) is 19.2. The van der Waals surface area contributed by atoms with E-state index in [4.69, 9.17) is 4.74 Å². The molecule has 1 aliphatic heterocycles. The van der Waals surface area contributed by atoms with Gasteiger partial charge >= 0.3 is 0 Å². The molecule has 27 heavy (non-hydrogen) atoms. The van der Waals surface area contributed by atoms with E-state index in [1.807, 2.05) is 23.1 Å². The molecule has 0 radical (unpaired) electrons. The van der Waals surface area contributed by atoms with E-state index < -0.39 is 6.10 Å². The summed E-state index contributed by atoms with van der Waals surface area (Å²) in [6.07, 6.45) is 2.03. The fourth-order valence-corrected chi connectivity index (χ4v) is 4.00. The SMILES string of the molecule is CC(=O)N1CCN([C@@H]2CCC[C@@H](NC(=O)COc3ccccc3)[C@H]2O)CC1. The van der Waals surface area contributed by atoms with Crippen molar-refractivity contribution >= 4 is 11.8 Å². The predicted octanol–water partition coefficient (Wildman–Crippen LogP) is 0.628. The quantitative estimate of drug-likeness (QED) is 0.789. The molecule has 1 saturated carbocycles. The number of hydrogen-bond donors (Lipinski definition) is 2. The molecule has 7 heteroatoms. The van der Waals surface area contributed by atoms with Gasteiger partial charge in [-0.15, -0.1) is 0 Å². The van der Waals surface area contributed by atoms with Crippen LogP contribution in [0.2, 0.25) is 0 Å². The lowest BCUT2D eigenvalue weighted by atomic mass is 9.86. The molecule has 7 nitrogen and oxygen atoms in total. The van der Waals surface area contributed by atoms with E-state index in [9.17, 15) is 14.7 Å². The minimum atomic E-state index is -0.608. The van der Waals surface area contributed by atoms with Gasteiger partial charge < -0.3 is 20.1 Å². The van der Waals surface area contributed by atoms with E-state index in [0.29, 0.717) is 18.8 Å². The predicted molar refractivity (Wildman–Crippen MR) is 101 cm³/mol. The number of carbonyl (C=O) groups excluding carboxylic acids is 2. The molecule has 2 fully saturated rings. The Kier molecular flexibility index (Phi) is 6.68. The Balaban J connectivity index is 1.48. The molecule has 3 atom stereocenters. The van der Waals surface area contributed by atoms with Crippen LogP contribution < -0.4 is 10.1 Å². The van der Waals surface area contributed by atoms with Crippen molar-refractivity contribution in [3.05, 3.63) is 30.3 Å². The van der Waals surface area contributed by atoms with Crippen molar-refractivity contribution in [3.63, 3.8) is 0 Å². The Morgan fingerprint density at radius 2 is 1.85 bits per heavy atom. The van der Waals surface area contributed by atoms with Crippen LogP contribution in [0.25, 0.3) is 0 Å². The molecule has 1 heterocycles. The second-order valence-corrected chi connectivity index (χ2v) is 7.31. The minimum Gasteiger partial charge on any atom is -0.484 e. The van der Waals surface area contributed by atoms with Crippen molar-refractivity contribution in [2.24, 2.45) is 0 Å². The van der Waals surface area contributed by atoms with Crippen molar-refractivity contribution in [3.8, 4) is 5.75 Å². The molecule has 2 N–H and O–H groups in total. The topological polar surface area (TPSA) is 82.1 Å². The molecular formula is C20H29N3O4. The van der Waals surface area contributed by atoms with Crippen molar-refractivity contribution in [1.82, 2.24) is 15.1 Å². The number of amides is 2. The lowest BCUT2D eigenvalue weighted by Gasteiger charge is -2.45. The summed E-state index contributed by atoms with van der Waals surface area (Å²) in [6, 6.07) is 8.97. The van der Waals surface area contributed by atoms with Gasteiger partial charge in [-0.25, -0.2) is 0 Å². The van der Waals surface area contributed by atoms with Crippen molar-refractivity contribution in [1.29, 1.82) is 0 Å². The number of carbonyl (C=O) groups is 2. The van der Waals surface area contributed by atoms with Gasteiger partial charge in [0.1, 0.15) is 5.75 Å². The summed E-state index contributed by atoms with van der Waals surface area (Å²) in [5, 5.41) is 13.7. The lowest BCUT2D eigenvalue weighted by Crippen LogP contribution is -2.60. The molecule has 148 valence electrons. The summed E-state index contributed by atoms with van der Waals surface area (Å²) < 4.78 is 5.48. The third-order valence-corrected chi connectivity index (χ3v) is 5.51. The second kappa shape index (κ2) is 9.19. The van der Waals surface area contributed by atoms with E-state index >= 15 is 0 Å². The number of hydrogen-bond acceptors (Lipinski definition) is 5. The van der Waals surface area contributed by atoms with Crippen LogP contribution in [-0.2, 0) is 9.59 Å². The molecule has 0 bridgehead atoms. The molecule has 3 rings (SSSR count). The average molecular weight is 375 g/mol. The van der Waals surface area contributed by atoms with E-state index in [0.717, 1.165) is 32.4 Å². The van der Waals surface area contributed by atoms with Gasteiger partial charge in [-0.2, -0.15) is 0 Å². The Morgan fingerprint density at radius 3 is 2.52 bits per heavy atom. The Labute approximate surface area is 160 Å². The first kappa shape index (κ1) is 19.6. The highest BCUT2D eigenvalue weighted by Crippen LogP contribution is 2.25. The van der Waals surface area contributed by atoms with Crippen molar-refractivity contribution < 1.29 is 19.4 Å². The Hall–Kier alpha value is -2.12. The maximum atomic E-state index is 12.2. The zero-order valence-corrected chi connectivity index (χ0v) is 15.8. The van der Waals surface area contributed by atoms with Crippen LogP contribution in [0.5, 0.6) is 5.75 Å². The van der Waals surface area contributed by atoms with Crippen LogP contribution in [0.3, 0.4) is 0 Å². The highest BCUT2D eigenvalue weighted by molar-refractivity contribution is 5.78. The van der Waals surface area contributed by atoms with Gasteiger partial charge in [-0.05, 0) is 31.4 Å². The zero-order valence-electron chi connectivity index (χ0n) is 15.8. The number of piperazine rings is 1. The standard InChI is InChI=1S/C20H29N3O4/c1-15(24)22-10-12-23(13-11-22)18-9-5-8-17(20(18)26)21-19(25)14-27-16-6-3-2-4-7-16/h2-4,6-7,17-18,20,26H,5,8-14H2,1H3,(H,21,25)/t17-,18-,20-/m1/s1. The molecule has 1 aromatic carbocycles. The fraction of sp³-hybridized carbons (Fsp3) is 0.600. The summed E-state index contributed by atoms with van der Waals surface area (Å²) in [4.78, 5) is 27.8.